The lowest BCUT2D eigenvalue weighted by atomic mass is 9.94. The first-order chi connectivity index (χ1) is 11.7. The number of benzene rings is 1. The Morgan fingerprint density at radius 3 is 2.62 bits per heavy atom. The van der Waals surface area contributed by atoms with Crippen LogP contribution < -0.4 is 5.32 Å². The summed E-state index contributed by atoms with van der Waals surface area (Å²) >= 11 is 0. The molecule has 1 aromatic carbocycles. The number of nitrogens with zero attached hydrogens (tertiary/aromatic N) is 2. The van der Waals surface area contributed by atoms with Crippen molar-refractivity contribution >= 4 is 11.7 Å². The standard InChI is InChI=1S/C19H22FN3O/c20-16-5-4-6-17(13-16)22-19(24)23(18-7-2-1-3-8-18)14-15-9-11-21-12-10-15/h4-6,9-13,18H,1-3,7-8,14H2,(H,22,24). The highest BCUT2D eigenvalue weighted by atomic mass is 19.1. The Bertz CT molecular complexity index is 671. The molecule has 2 aromatic rings. The number of hydrogen-bond acceptors (Lipinski definition) is 2. The second-order valence-corrected chi connectivity index (χ2v) is 6.22. The van der Waals surface area contributed by atoms with Gasteiger partial charge in [0.05, 0.1) is 0 Å². The van der Waals surface area contributed by atoms with E-state index >= 15 is 0 Å². The first kappa shape index (κ1) is 16.4. The minimum Gasteiger partial charge on any atom is -0.317 e. The maximum atomic E-state index is 13.3. The molecule has 24 heavy (non-hydrogen) atoms. The maximum absolute atomic E-state index is 13.3. The SMILES string of the molecule is O=C(Nc1cccc(F)c1)N(Cc1ccncc1)C1CCCCC1. The van der Waals surface area contributed by atoms with Crippen LogP contribution in [0, 0.1) is 5.82 Å². The molecule has 0 bridgehead atoms. The second-order valence-electron chi connectivity index (χ2n) is 6.22. The van der Waals surface area contributed by atoms with Crippen LogP contribution in [0.2, 0.25) is 0 Å². The van der Waals surface area contributed by atoms with Gasteiger partial charge in [0, 0.05) is 30.7 Å². The predicted octanol–water partition coefficient (Wildman–Crippen LogP) is 4.59. The number of nitrogens with one attached hydrogen (secondary N) is 1. The number of anilines is 1. The molecule has 1 fully saturated rings. The van der Waals surface area contributed by atoms with Gasteiger partial charge in [-0.25, -0.2) is 9.18 Å². The summed E-state index contributed by atoms with van der Waals surface area (Å²) in [6.45, 7) is 0.536. The molecular formula is C19H22FN3O. The summed E-state index contributed by atoms with van der Waals surface area (Å²) in [5.74, 6) is -0.355. The molecule has 5 heteroatoms. The lowest BCUT2D eigenvalue weighted by Gasteiger charge is -2.34. The van der Waals surface area contributed by atoms with Crippen LogP contribution in [-0.4, -0.2) is 22.0 Å². The van der Waals surface area contributed by atoms with E-state index in [2.05, 4.69) is 10.3 Å². The number of rotatable bonds is 4. The molecule has 2 amide bonds. The van der Waals surface area contributed by atoms with Crippen LogP contribution in [-0.2, 0) is 6.54 Å². The average Bonchev–Trinajstić information content (AvgIpc) is 2.61. The van der Waals surface area contributed by atoms with Gasteiger partial charge in [0.1, 0.15) is 5.82 Å². The number of aromatic nitrogens is 1. The van der Waals surface area contributed by atoms with Crippen molar-refractivity contribution in [3.05, 3.63) is 60.2 Å². The van der Waals surface area contributed by atoms with Gasteiger partial charge in [0.2, 0.25) is 0 Å². The zero-order chi connectivity index (χ0) is 16.8. The van der Waals surface area contributed by atoms with Crippen LogP contribution in [0.1, 0.15) is 37.7 Å². The lowest BCUT2D eigenvalue weighted by Crippen LogP contribution is -2.43. The minimum atomic E-state index is -0.355. The molecule has 1 heterocycles. The first-order valence-electron chi connectivity index (χ1n) is 8.44. The van der Waals surface area contributed by atoms with Crippen molar-refractivity contribution in [2.24, 2.45) is 0 Å². The molecular weight excluding hydrogens is 305 g/mol. The van der Waals surface area contributed by atoms with E-state index in [4.69, 9.17) is 0 Å². The Kier molecular flexibility index (Phi) is 5.41. The topological polar surface area (TPSA) is 45.2 Å². The minimum absolute atomic E-state index is 0.177. The van der Waals surface area contributed by atoms with Crippen LogP contribution in [0.5, 0.6) is 0 Å². The Labute approximate surface area is 141 Å². The number of pyridine rings is 1. The van der Waals surface area contributed by atoms with Crippen molar-refractivity contribution in [1.82, 2.24) is 9.88 Å². The number of carbonyl (C=O) groups excluding carboxylic acids is 1. The van der Waals surface area contributed by atoms with E-state index < -0.39 is 0 Å². The monoisotopic (exact) mass is 327 g/mol. The van der Waals surface area contributed by atoms with Crippen LogP contribution in [0.4, 0.5) is 14.9 Å². The van der Waals surface area contributed by atoms with Crippen LogP contribution in [0.3, 0.4) is 0 Å². The van der Waals surface area contributed by atoms with Crippen LogP contribution in [0.15, 0.2) is 48.8 Å². The zero-order valence-corrected chi connectivity index (χ0v) is 13.6. The van der Waals surface area contributed by atoms with Gasteiger partial charge < -0.3 is 10.2 Å². The quantitative estimate of drug-likeness (QED) is 0.893. The molecule has 0 aliphatic heterocycles. The second kappa shape index (κ2) is 7.90. The molecule has 0 unspecified atom stereocenters. The van der Waals surface area contributed by atoms with E-state index in [1.54, 1.807) is 24.5 Å². The summed E-state index contributed by atoms with van der Waals surface area (Å²) < 4.78 is 13.3. The number of halogens is 1. The predicted molar refractivity (Wildman–Crippen MR) is 92.1 cm³/mol. The number of amides is 2. The Hall–Kier alpha value is -2.43. The maximum Gasteiger partial charge on any atom is 0.322 e. The van der Waals surface area contributed by atoms with Gasteiger partial charge in [-0.2, -0.15) is 0 Å². The fourth-order valence-electron chi connectivity index (χ4n) is 3.21. The summed E-state index contributed by atoms with van der Waals surface area (Å²) in [4.78, 5) is 18.7. The Morgan fingerprint density at radius 2 is 1.92 bits per heavy atom. The molecule has 4 nitrogen and oxygen atoms in total. The van der Waals surface area contributed by atoms with Crippen molar-refractivity contribution in [2.75, 3.05) is 5.32 Å². The van der Waals surface area contributed by atoms with Crippen LogP contribution in [0.25, 0.3) is 0 Å². The average molecular weight is 327 g/mol. The molecule has 0 atom stereocenters. The smallest absolute Gasteiger partial charge is 0.317 e. The van der Waals surface area contributed by atoms with Gasteiger partial charge in [-0.3, -0.25) is 4.98 Å². The van der Waals surface area contributed by atoms with Gasteiger partial charge >= 0.3 is 6.03 Å². The van der Waals surface area contributed by atoms with Crippen molar-refractivity contribution in [3.63, 3.8) is 0 Å². The summed E-state index contributed by atoms with van der Waals surface area (Å²) in [6.07, 6.45) is 9.02. The van der Waals surface area contributed by atoms with Gasteiger partial charge in [0.25, 0.3) is 0 Å². The molecule has 1 saturated carbocycles. The third-order valence-electron chi connectivity index (χ3n) is 4.45. The molecule has 1 aromatic heterocycles. The fraction of sp³-hybridized carbons (Fsp3) is 0.368. The van der Waals surface area contributed by atoms with E-state index in [1.807, 2.05) is 17.0 Å². The van der Waals surface area contributed by atoms with Crippen LogP contribution >= 0.6 is 0 Å². The molecule has 1 N–H and O–H groups in total. The molecule has 1 aliphatic carbocycles. The summed E-state index contributed by atoms with van der Waals surface area (Å²) in [7, 11) is 0. The van der Waals surface area contributed by atoms with Crippen molar-refractivity contribution in [1.29, 1.82) is 0 Å². The largest absolute Gasteiger partial charge is 0.322 e. The molecule has 0 saturated heterocycles. The number of carbonyl (C=O) groups is 1. The zero-order valence-electron chi connectivity index (χ0n) is 13.6. The lowest BCUT2D eigenvalue weighted by molar-refractivity contribution is 0.163. The Balaban J connectivity index is 1.76. The summed E-state index contributed by atoms with van der Waals surface area (Å²) in [5.41, 5.74) is 1.53. The van der Waals surface area contributed by atoms with E-state index in [-0.39, 0.29) is 17.9 Å². The molecule has 0 radical (unpaired) electrons. The van der Waals surface area contributed by atoms with E-state index in [0.29, 0.717) is 12.2 Å². The normalized spacial score (nSPS) is 15.0. The molecule has 126 valence electrons. The van der Waals surface area contributed by atoms with Crippen molar-refractivity contribution in [3.8, 4) is 0 Å². The number of urea groups is 1. The highest BCUT2D eigenvalue weighted by Gasteiger charge is 2.25. The van der Waals surface area contributed by atoms with Gasteiger partial charge in [-0.1, -0.05) is 25.3 Å². The highest BCUT2D eigenvalue weighted by molar-refractivity contribution is 5.89. The van der Waals surface area contributed by atoms with Gasteiger partial charge in [0.15, 0.2) is 0 Å². The highest BCUT2D eigenvalue weighted by Crippen LogP contribution is 2.25. The Morgan fingerprint density at radius 1 is 1.17 bits per heavy atom. The summed E-state index contributed by atoms with van der Waals surface area (Å²) in [6, 6.07) is 9.89. The fourth-order valence-corrected chi connectivity index (χ4v) is 3.21. The van der Waals surface area contributed by atoms with Crippen molar-refractivity contribution in [2.45, 2.75) is 44.7 Å². The first-order valence-corrected chi connectivity index (χ1v) is 8.44. The molecule has 1 aliphatic rings. The summed E-state index contributed by atoms with van der Waals surface area (Å²) in [5, 5.41) is 2.83. The van der Waals surface area contributed by atoms with E-state index in [0.717, 1.165) is 31.2 Å². The van der Waals surface area contributed by atoms with E-state index in [1.165, 1.54) is 18.6 Å². The van der Waals surface area contributed by atoms with Crippen molar-refractivity contribution < 1.29 is 9.18 Å². The van der Waals surface area contributed by atoms with Gasteiger partial charge in [-0.05, 0) is 48.7 Å². The molecule has 0 spiro atoms. The third-order valence-corrected chi connectivity index (χ3v) is 4.45. The van der Waals surface area contributed by atoms with E-state index in [9.17, 15) is 9.18 Å². The molecule has 3 rings (SSSR count). The third kappa shape index (κ3) is 4.31. The number of hydrogen-bond donors (Lipinski definition) is 1. The van der Waals surface area contributed by atoms with Gasteiger partial charge in [-0.15, -0.1) is 0 Å².